The quantitative estimate of drug-likeness (QED) is 0.703. The third-order valence-corrected chi connectivity index (χ3v) is 2.83. The van der Waals surface area contributed by atoms with Crippen molar-refractivity contribution in [3.8, 4) is 0 Å². The standard InChI is InChI=1S/C9H13N3S/c10-4-3-6-1-2-8-7(6)5-11-9(13)12-8/h5-6H,1-4,10H2,(H,11,12,13). The summed E-state index contributed by atoms with van der Waals surface area (Å²) in [5.41, 5.74) is 8.13. The number of fused-ring (bicyclic) bond motifs is 1. The molecule has 0 spiro atoms. The van der Waals surface area contributed by atoms with Gasteiger partial charge in [0.15, 0.2) is 4.77 Å². The molecule has 1 unspecified atom stereocenters. The van der Waals surface area contributed by atoms with Crippen LogP contribution in [0.5, 0.6) is 0 Å². The van der Waals surface area contributed by atoms with Crippen LogP contribution in [0.15, 0.2) is 6.20 Å². The van der Waals surface area contributed by atoms with E-state index in [0.29, 0.717) is 10.7 Å². The van der Waals surface area contributed by atoms with Gasteiger partial charge < -0.3 is 10.7 Å². The van der Waals surface area contributed by atoms with Crippen LogP contribution in [0.25, 0.3) is 0 Å². The van der Waals surface area contributed by atoms with E-state index in [-0.39, 0.29) is 0 Å². The molecule has 1 aliphatic rings. The first-order valence-electron chi connectivity index (χ1n) is 4.59. The Labute approximate surface area is 82.4 Å². The summed E-state index contributed by atoms with van der Waals surface area (Å²) in [5.74, 6) is 0.597. The summed E-state index contributed by atoms with van der Waals surface area (Å²) in [6, 6.07) is 0. The Morgan fingerprint density at radius 1 is 1.69 bits per heavy atom. The van der Waals surface area contributed by atoms with Gasteiger partial charge in [0.05, 0.1) is 0 Å². The van der Waals surface area contributed by atoms with Crippen molar-refractivity contribution in [1.29, 1.82) is 0 Å². The Balaban J connectivity index is 2.32. The maximum atomic E-state index is 5.54. The van der Waals surface area contributed by atoms with E-state index in [2.05, 4.69) is 9.97 Å². The summed E-state index contributed by atoms with van der Waals surface area (Å²) in [5, 5.41) is 0. The van der Waals surface area contributed by atoms with Gasteiger partial charge in [-0.1, -0.05) is 0 Å². The van der Waals surface area contributed by atoms with Gasteiger partial charge in [0, 0.05) is 11.9 Å². The van der Waals surface area contributed by atoms with Crippen LogP contribution < -0.4 is 5.73 Å². The number of aryl methyl sites for hydroxylation is 1. The van der Waals surface area contributed by atoms with Crippen LogP contribution in [0.2, 0.25) is 0 Å². The van der Waals surface area contributed by atoms with Crippen LogP contribution >= 0.6 is 12.2 Å². The minimum atomic E-state index is 0.590. The highest BCUT2D eigenvalue weighted by molar-refractivity contribution is 7.71. The monoisotopic (exact) mass is 195 g/mol. The summed E-state index contributed by atoms with van der Waals surface area (Å²) in [4.78, 5) is 7.24. The lowest BCUT2D eigenvalue weighted by Gasteiger charge is -2.07. The topological polar surface area (TPSA) is 54.7 Å². The second kappa shape index (κ2) is 3.55. The Hall–Kier alpha value is -0.740. The Morgan fingerprint density at radius 3 is 3.31 bits per heavy atom. The maximum Gasteiger partial charge on any atom is 0.196 e. The number of nitrogens with zero attached hydrogens (tertiary/aromatic N) is 1. The van der Waals surface area contributed by atoms with Crippen molar-refractivity contribution in [2.75, 3.05) is 6.54 Å². The van der Waals surface area contributed by atoms with Gasteiger partial charge in [0.25, 0.3) is 0 Å². The molecule has 0 aliphatic heterocycles. The maximum absolute atomic E-state index is 5.54. The van der Waals surface area contributed by atoms with E-state index >= 15 is 0 Å². The Kier molecular flexibility index (Phi) is 2.42. The lowest BCUT2D eigenvalue weighted by Crippen LogP contribution is -2.05. The molecular formula is C9H13N3S. The van der Waals surface area contributed by atoms with Crippen molar-refractivity contribution in [2.24, 2.45) is 5.73 Å². The average molecular weight is 195 g/mol. The highest BCUT2D eigenvalue weighted by atomic mass is 32.1. The summed E-state index contributed by atoms with van der Waals surface area (Å²) in [6.45, 7) is 0.750. The van der Waals surface area contributed by atoms with Gasteiger partial charge in [-0.15, -0.1) is 0 Å². The van der Waals surface area contributed by atoms with Crippen molar-refractivity contribution < 1.29 is 0 Å². The zero-order chi connectivity index (χ0) is 9.26. The first-order valence-corrected chi connectivity index (χ1v) is 5.00. The molecule has 70 valence electrons. The number of nitrogens with one attached hydrogen (secondary N) is 1. The Bertz CT molecular complexity index is 358. The van der Waals surface area contributed by atoms with Gasteiger partial charge in [-0.3, -0.25) is 0 Å². The van der Waals surface area contributed by atoms with Gasteiger partial charge in [0.1, 0.15) is 0 Å². The van der Waals surface area contributed by atoms with Crippen LogP contribution in [0, 0.1) is 4.77 Å². The van der Waals surface area contributed by atoms with Gasteiger partial charge in [-0.2, -0.15) is 0 Å². The van der Waals surface area contributed by atoms with E-state index in [1.807, 2.05) is 6.20 Å². The highest BCUT2D eigenvalue weighted by Crippen LogP contribution is 2.32. The van der Waals surface area contributed by atoms with E-state index < -0.39 is 0 Å². The van der Waals surface area contributed by atoms with Crippen molar-refractivity contribution in [3.05, 3.63) is 22.2 Å². The van der Waals surface area contributed by atoms with E-state index in [1.54, 1.807) is 0 Å². The molecule has 1 aliphatic carbocycles. The minimum Gasteiger partial charge on any atom is -0.334 e. The highest BCUT2D eigenvalue weighted by Gasteiger charge is 2.22. The second-order valence-electron chi connectivity index (χ2n) is 3.44. The molecule has 1 aromatic heterocycles. The predicted octanol–water partition coefficient (Wildman–Crippen LogP) is 1.52. The van der Waals surface area contributed by atoms with Crippen molar-refractivity contribution in [1.82, 2.24) is 9.97 Å². The third-order valence-electron chi connectivity index (χ3n) is 2.62. The van der Waals surface area contributed by atoms with E-state index in [9.17, 15) is 0 Å². The van der Waals surface area contributed by atoms with Crippen LogP contribution in [-0.2, 0) is 6.42 Å². The van der Waals surface area contributed by atoms with Crippen molar-refractivity contribution >= 4 is 12.2 Å². The number of aromatic nitrogens is 2. The molecule has 0 bridgehead atoms. The number of nitrogens with two attached hydrogens (primary N) is 1. The zero-order valence-electron chi connectivity index (χ0n) is 7.42. The predicted molar refractivity (Wildman–Crippen MR) is 54.2 cm³/mol. The summed E-state index contributed by atoms with van der Waals surface area (Å²) in [6.07, 6.45) is 5.23. The smallest absolute Gasteiger partial charge is 0.196 e. The molecule has 13 heavy (non-hydrogen) atoms. The molecule has 3 nitrogen and oxygen atoms in total. The van der Waals surface area contributed by atoms with Crippen molar-refractivity contribution in [3.63, 3.8) is 0 Å². The van der Waals surface area contributed by atoms with Crippen LogP contribution in [0.3, 0.4) is 0 Å². The average Bonchev–Trinajstić information content (AvgIpc) is 2.49. The number of aromatic amines is 1. The van der Waals surface area contributed by atoms with Crippen molar-refractivity contribution in [2.45, 2.75) is 25.2 Å². The van der Waals surface area contributed by atoms with Crippen LogP contribution in [0.1, 0.15) is 30.0 Å². The van der Waals surface area contributed by atoms with Gasteiger partial charge in [-0.25, -0.2) is 4.98 Å². The number of H-pyrrole nitrogens is 1. The molecule has 1 aromatic rings. The molecule has 0 saturated carbocycles. The molecule has 3 N–H and O–H groups in total. The fourth-order valence-corrected chi connectivity index (χ4v) is 2.15. The largest absolute Gasteiger partial charge is 0.334 e. The van der Waals surface area contributed by atoms with Gasteiger partial charge >= 0.3 is 0 Å². The summed E-state index contributed by atoms with van der Waals surface area (Å²) < 4.78 is 0.590. The molecule has 1 heterocycles. The second-order valence-corrected chi connectivity index (χ2v) is 3.82. The van der Waals surface area contributed by atoms with Gasteiger partial charge in [0.2, 0.25) is 0 Å². The Morgan fingerprint density at radius 2 is 2.54 bits per heavy atom. The molecule has 0 fully saturated rings. The zero-order valence-corrected chi connectivity index (χ0v) is 8.23. The molecular weight excluding hydrogens is 182 g/mol. The molecule has 0 saturated heterocycles. The summed E-state index contributed by atoms with van der Waals surface area (Å²) in [7, 11) is 0. The number of hydrogen-bond donors (Lipinski definition) is 2. The number of hydrogen-bond acceptors (Lipinski definition) is 3. The third kappa shape index (κ3) is 1.64. The van der Waals surface area contributed by atoms with Gasteiger partial charge in [-0.05, 0) is 49.5 Å². The first kappa shape index (κ1) is 8.84. The SMILES string of the molecule is NCCC1CCc2[nH]c(=S)ncc21. The van der Waals surface area contributed by atoms with E-state index in [0.717, 1.165) is 19.4 Å². The fraction of sp³-hybridized carbons (Fsp3) is 0.556. The first-order chi connectivity index (χ1) is 6.31. The number of rotatable bonds is 2. The fourth-order valence-electron chi connectivity index (χ4n) is 1.97. The lowest BCUT2D eigenvalue weighted by molar-refractivity contribution is 0.626. The molecule has 2 rings (SSSR count). The van der Waals surface area contributed by atoms with E-state index in [1.165, 1.54) is 17.7 Å². The summed E-state index contributed by atoms with van der Waals surface area (Å²) >= 11 is 4.97. The van der Waals surface area contributed by atoms with E-state index in [4.69, 9.17) is 18.0 Å². The molecule has 1 atom stereocenters. The molecule has 0 radical (unpaired) electrons. The lowest BCUT2D eigenvalue weighted by atomic mass is 10.0. The molecule has 4 heteroatoms. The molecule has 0 amide bonds. The molecule has 0 aromatic carbocycles. The normalized spacial score (nSPS) is 20.2. The van der Waals surface area contributed by atoms with Crippen LogP contribution in [0.4, 0.5) is 0 Å². The van der Waals surface area contributed by atoms with Crippen LogP contribution in [-0.4, -0.2) is 16.5 Å². The minimum absolute atomic E-state index is 0.590.